The summed E-state index contributed by atoms with van der Waals surface area (Å²) in [6.45, 7) is 2.18. The Labute approximate surface area is 134 Å². The number of hydrogen-bond donors (Lipinski definition) is 1. The quantitative estimate of drug-likeness (QED) is 0.906. The second-order valence-electron chi connectivity index (χ2n) is 5.70. The Kier molecular flexibility index (Phi) is 4.76. The molecule has 1 saturated heterocycles. The van der Waals surface area contributed by atoms with Gasteiger partial charge in [-0.05, 0) is 51.4 Å². The molecule has 0 spiro atoms. The lowest BCUT2D eigenvalue weighted by Gasteiger charge is -2.37. The summed E-state index contributed by atoms with van der Waals surface area (Å²) in [5, 5.41) is 5.78. The predicted octanol–water partition coefficient (Wildman–Crippen LogP) is 3.97. The molecule has 2 heterocycles. The molecule has 1 aromatic carbocycles. The molecule has 0 saturated carbocycles. The third-order valence-corrected chi connectivity index (χ3v) is 5.05. The van der Waals surface area contributed by atoms with Gasteiger partial charge in [-0.2, -0.15) is 0 Å². The summed E-state index contributed by atoms with van der Waals surface area (Å²) in [6, 6.07) is 9.08. The molecule has 112 valence electrons. The van der Waals surface area contributed by atoms with Gasteiger partial charge in [0.15, 0.2) is 0 Å². The molecule has 1 aromatic heterocycles. The predicted molar refractivity (Wildman–Crippen MR) is 93.0 cm³/mol. The maximum atomic E-state index is 4.71. The van der Waals surface area contributed by atoms with Gasteiger partial charge in [0.25, 0.3) is 0 Å². The highest BCUT2D eigenvalue weighted by molar-refractivity contribution is 9.10. The van der Waals surface area contributed by atoms with E-state index in [0.717, 1.165) is 23.4 Å². The molecule has 3 rings (SSSR count). The van der Waals surface area contributed by atoms with Crippen LogP contribution >= 0.6 is 15.9 Å². The van der Waals surface area contributed by atoms with Crippen molar-refractivity contribution in [1.82, 2.24) is 10.3 Å². The summed E-state index contributed by atoms with van der Waals surface area (Å²) >= 11 is 3.66. The van der Waals surface area contributed by atoms with Crippen molar-refractivity contribution in [2.45, 2.75) is 31.7 Å². The fourth-order valence-electron chi connectivity index (χ4n) is 3.27. The Morgan fingerprint density at radius 3 is 3.05 bits per heavy atom. The van der Waals surface area contributed by atoms with E-state index < -0.39 is 0 Å². The van der Waals surface area contributed by atoms with E-state index >= 15 is 0 Å². The van der Waals surface area contributed by atoms with Crippen molar-refractivity contribution in [3.8, 4) is 0 Å². The van der Waals surface area contributed by atoms with E-state index in [4.69, 9.17) is 4.98 Å². The summed E-state index contributed by atoms with van der Waals surface area (Å²) in [5.41, 5.74) is 0. The minimum atomic E-state index is 0.600. The van der Waals surface area contributed by atoms with Gasteiger partial charge in [-0.25, -0.2) is 4.98 Å². The fourth-order valence-corrected chi connectivity index (χ4v) is 3.77. The first-order chi connectivity index (χ1) is 10.3. The van der Waals surface area contributed by atoms with E-state index in [9.17, 15) is 0 Å². The van der Waals surface area contributed by atoms with Crippen LogP contribution in [0.15, 0.2) is 34.9 Å². The SMILES string of the molecule is CNCCC1CCCCN1c1nccc2c(Br)cccc12. The minimum Gasteiger partial charge on any atom is -0.353 e. The minimum absolute atomic E-state index is 0.600. The van der Waals surface area contributed by atoms with Crippen molar-refractivity contribution in [2.24, 2.45) is 0 Å². The van der Waals surface area contributed by atoms with E-state index in [1.807, 2.05) is 13.2 Å². The first-order valence-electron chi connectivity index (χ1n) is 7.75. The molecule has 1 fully saturated rings. The molecule has 4 heteroatoms. The average molecular weight is 348 g/mol. The second-order valence-corrected chi connectivity index (χ2v) is 6.56. The molecule has 1 N–H and O–H groups in total. The molecule has 1 atom stereocenters. The van der Waals surface area contributed by atoms with E-state index in [1.54, 1.807) is 0 Å². The molecule has 1 aliphatic heterocycles. The zero-order valence-corrected chi connectivity index (χ0v) is 14.1. The summed E-state index contributed by atoms with van der Waals surface area (Å²) in [4.78, 5) is 7.24. The molecule has 1 aliphatic rings. The largest absolute Gasteiger partial charge is 0.353 e. The Morgan fingerprint density at radius 1 is 1.29 bits per heavy atom. The highest BCUT2D eigenvalue weighted by Crippen LogP contribution is 2.33. The van der Waals surface area contributed by atoms with Crippen LogP contribution in [0, 0.1) is 0 Å². The summed E-state index contributed by atoms with van der Waals surface area (Å²) < 4.78 is 1.15. The molecule has 21 heavy (non-hydrogen) atoms. The number of aromatic nitrogens is 1. The normalized spacial score (nSPS) is 19.1. The Hall–Kier alpha value is -1.13. The zero-order chi connectivity index (χ0) is 14.7. The zero-order valence-electron chi connectivity index (χ0n) is 12.5. The highest BCUT2D eigenvalue weighted by Gasteiger charge is 2.24. The summed E-state index contributed by atoms with van der Waals surface area (Å²) in [6.07, 6.45) is 6.99. The number of nitrogens with one attached hydrogen (secondary N) is 1. The maximum Gasteiger partial charge on any atom is 0.136 e. The Balaban J connectivity index is 1.99. The Morgan fingerprint density at radius 2 is 2.19 bits per heavy atom. The maximum absolute atomic E-state index is 4.71. The topological polar surface area (TPSA) is 28.2 Å². The molecular weight excluding hydrogens is 326 g/mol. The van der Waals surface area contributed by atoms with Gasteiger partial charge in [0, 0.05) is 34.0 Å². The monoisotopic (exact) mass is 347 g/mol. The van der Waals surface area contributed by atoms with Crippen molar-refractivity contribution in [1.29, 1.82) is 0 Å². The van der Waals surface area contributed by atoms with Crippen molar-refractivity contribution in [3.63, 3.8) is 0 Å². The van der Waals surface area contributed by atoms with E-state index in [0.29, 0.717) is 6.04 Å². The first-order valence-corrected chi connectivity index (χ1v) is 8.55. The standard InChI is InChI=1S/C17H22BrN3/c1-19-10-8-13-5-2-3-12-21(13)17-15-6-4-7-16(18)14(15)9-11-20-17/h4,6-7,9,11,13,19H,2-3,5,8,10,12H2,1H3. The van der Waals surface area contributed by atoms with Crippen LogP contribution in [0.4, 0.5) is 5.82 Å². The third kappa shape index (κ3) is 3.06. The van der Waals surface area contributed by atoms with Crippen LogP contribution in [0.2, 0.25) is 0 Å². The first kappa shape index (κ1) is 14.8. The number of pyridine rings is 1. The van der Waals surface area contributed by atoms with Gasteiger partial charge < -0.3 is 10.2 Å². The number of nitrogens with zero attached hydrogens (tertiary/aromatic N) is 2. The van der Waals surface area contributed by atoms with Crippen molar-refractivity contribution >= 4 is 32.5 Å². The average Bonchev–Trinajstić information content (AvgIpc) is 2.53. The molecule has 3 nitrogen and oxygen atoms in total. The van der Waals surface area contributed by atoms with Crippen molar-refractivity contribution in [2.75, 3.05) is 25.0 Å². The number of halogens is 1. The van der Waals surface area contributed by atoms with Crippen LogP contribution in [-0.2, 0) is 0 Å². The molecule has 0 radical (unpaired) electrons. The highest BCUT2D eigenvalue weighted by atomic mass is 79.9. The number of fused-ring (bicyclic) bond motifs is 1. The lowest BCUT2D eigenvalue weighted by atomic mass is 9.98. The van der Waals surface area contributed by atoms with E-state index in [2.05, 4.69) is 50.4 Å². The number of piperidine rings is 1. The van der Waals surface area contributed by atoms with Crippen LogP contribution < -0.4 is 10.2 Å². The van der Waals surface area contributed by atoms with Crippen molar-refractivity contribution < 1.29 is 0 Å². The molecule has 0 amide bonds. The number of rotatable bonds is 4. The van der Waals surface area contributed by atoms with Crippen molar-refractivity contribution in [3.05, 3.63) is 34.9 Å². The molecule has 2 aromatic rings. The number of anilines is 1. The van der Waals surface area contributed by atoms with E-state index in [-0.39, 0.29) is 0 Å². The summed E-state index contributed by atoms with van der Waals surface area (Å²) in [5.74, 6) is 1.15. The van der Waals surface area contributed by atoms with Gasteiger partial charge >= 0.3 is 0 Å². The second kappa shape index (κ2) is 6.75. The molecule has 0 aliphatic carbocycles. The lowest BCUT2D eigenvalue weighted by Crippen LogP contribution is -2.41. The molecular formula is C17H22BrN3. The van der Waals surface area contributed by atoms with Gasteiger partial charge in [-0.1, -0.05) is 28.1 Å². The smallest absolute Gasteiger partial charge is 0.136 e. The van der Waals surface area contributed by atoms with Gasteiger partial charge in [0.2, 0.25) is 0 Å². The Bertz CT molecular complexity index is 614. The van der Waals surface area contributed by atoms with Gasteiger partial charge in [0.05, 0.1) is 0 Å². The lowest BCUT2D eigenvalue weighted by molar-refractivity contribution is 0.431. The number of hydrogen-bond acceptors (Lipinski definition) is 3. The van der Waals surface area contributed by atoms with Gasteiger partial charge in [-0.3, -0.25) is 0 Å². The van der Waals surface area contributed by atoms with E-state index in [1.165, 1.54) is 36.5 Å². The van der Waals surface area contributed by atoms with Crippen LogP contribution in [0.1, 0.15) is 25.7 Å². The van der Waals surface area contributed by atoms with Crippen LogP contribution in [0.3, 0.4) is 0 Å². The summed E-state index contributed by atoms with van der Waals surface area (Å²) in [7, 11) is 2.03. The molecule has 1 unspecified atom stereocenters. The van der Waals surface area contributed by atoms with Gasteiger partial charge in [-0.15, -0.1) is 0 Å². The van der Waals surface area contributed by atoms with Crippen LogP contribution in [0.5, 0.6) is 0 Å². The third-order valence-electron chi connectivity index (χ3n) is 4.36. The van der Waals surface area contributed by atoms with Crippen LogP contribution in [0.25, 0.3) is 10.8 Å². The fraction of sp³-hybridized carbons (Fsp3) is 0.471. The van der Waals surface area contributed by atoms with Gasteiger partial charge in [0.1, 0.15) is 5.82 Å². The number of benzene rings is 1. The van der Waals surface area contributed by atoms with Crippen LogP contribution in [-0.4, -0.2) is 31.2 Å². The molecule has 0 bridgehead atoms.